The summed E-state index contributed by atoms with van der Waals surface area (Å²) in [6.07, 6.45) is 10.6. The van der Waals surface area contributed by atoms with Gasteiger partial charge in [-0.05, 0) is 58.2 Å². The first-order chi connectivity index (χ1) is 15.1. The van der Waals surface area contributed by atoms with Gasteiger partial charge >= 0.3 is 0 Å². The molecule has 0 bridgehead atoms. The normalized spacial score (nSPS) is 24.1. The third-order valence-corrected chi connectivity index (χ3v) is 7.46. The van der Waals surface area contributed by atoms with Gasteiger partial charge in [0.2, 0.25) is 5.91 Å². The van der Waals surface area contributed by atoms with Crippen molar-refractivity contribution in [3.63, 3.8) is 0 Å². The fraction of sp³-hybridized carbons (Fsp3) is 0.913. The molecule has 0 aromatic carbocycles. The van der Waals surface area contributed by atoms with E-state index in [-0.39, 0.29) is 17.4 Å². The molecule has 178 valence electrons. The number of piperidine rings is 1. The second-order valence-electron chi connectivity index (χ2n) is 9.46. The molecule has 31 heavy (non-hydrogen) atoms. The average Bonchev–Trinajstić information content (AvgIpc) is 2.82. The Hall–Kier alpha value is -1.38. The first-order valence-electron chi connectivity index (χ1n) is 12.4. The number of unbranched alkanes of at least 4 members (excludes halogenated alkanes) is 1. The number of nitrogens with one attached hydrogen (secondary N) is 2. The first kappa shape index (κ1) is 24.3. The van der Waals surface area contributed by atoms with Crippen LogP contribution in [0, 0.1) is 5.92 Å². The number of guanidine groups is 1. The van der Waals surface area contributed by atoms with Crippen LogP contribution >= 0.6 is 0 Å². The van der Waals surface area contributed by atoms with Crippen LogP contribution in [0.3, 0.4) is 0 Å². The van der Waals surface area contributed by atoms with E-state index in [4.69, 9.17) is 10.5 Å². The van der Waals surface area contributed by atoms with Gasteiger partial charge in [-0.3, -0.25) is 14.7 Å². The molecule has 0 atom stereocenters. The Morgan fingerprint density at radius 3 is 2.42 bits per heavy atom. The molecular formula is C23H44N6O2. The summed E-state index contributed by atoms with van der Waals surface area (Å²) >= 11 is 0. The zero-order valence-corrected chi connectivity index (χ0v) is 19.5. The smallest absolute Gasteiger partial charge is 0.220 e. The van der Waals surface area contributed by atoms with Crippen molar-refractivity contribution >= 4 is 11.9 Å². The van der Waals surface area contributed by atoms with E-state index in [1.165, 1.54) is 32.1 Å². The molecule has 2 heterocycles. The van der Waals surface area contributed by atoms with Crippen LogP contribution in [0.2, 0.25) is 0 Å². The number of ether oxygens (including phenoxy) is 1. The number of rotatable bonds is 9. The Labute approximate surface area is 188 Å². The third kappa shape index (κ3) is 7.32. The van der Waals surface area contributed by atoms with Crippen LogP contribution in [0.5, 0.6) is 0 Å². The number of carbonyl (C=O) groups is 1. The van der Waals surface area contributed by atoms with Crippen molar-refractivity contribution < 1.29 is 9.53 Å². The lowest BCUT2D eigenvalue weighted by Crippen LogP contribution is -2.60. The molecule has 0 radical (unpaired) electrons. The molecule has 3 rings (SSSR count). The van der Waals surface area contributed by atoms with Gasteiger partial charge in [-0.15, -0.1) is 0 Å². The lowest BCUT2D eigenvalue weighted by atomic mass is 9.80. The molecule has 0 spiro atoms. The topological polar surface area (TPSA) is 95.2 Å². The zero-order chi connectivity index (χ0) is 21.9. The molecule has 1 saturated carbocycles. The molecule has 1 amide bonds. The number of hydrogen-bond acceptors (Lipinski definition) is 5. The molecule has 8 nitrogen and oxygen atoms in total. The number of nitrogens with two attached hydrogens (primary N) is 1. The van der Waals surface area contributed by atoms with Crippen LogP contribution < -0.4 is 16.4 Å². The fourth-order valence-electron chi connectivity index (χ4n) is 5.43. The summed E-state index contributed by atoms with van der Waals surface area (Å²) in [5.74, 6) is 0.865. The van der Waals surface area contributed by atoms with Crippen molar-refractivity contribution in [2.75, 3.05) is 66.1 Å². The van der Waals surface area contributed by atoms with Crippen molar-refractivity contribution in [2.45, 2.75) is 63.3 Å². The van der Waals surface area contributed by atoms with Gasteiger partial charge in [0.25, 0.3) is 0 Å². The summed E-state index contributed by atoms with van der Waals surface area (Å²) in [6.45, 7) is 8.78. The monoisotopic (exact) mass is 436 g/mol. The molecule has 3 aliphatic rings. The predicted molar refractivity (Wildman–Crippen MR) is 125 cm³/mol. The van der Waals surface area contributed by atoms with Crippen LogP contribution in [0.1, 0.15) is 57.8 Å². The Bertz CT molecular complexity index is 564. The zero-order valence-electron chi connectivity index (χ0n) is 19.5. The quantitative estimate of drug-likeness (QED) is 0.285. The standard InChI is InChI=1S/C23H44N6O2/c1-25-22(26-11-5-6-12-28-13-7-20(8-14-28)21(24)30)27-19-23(9-3-2-4-10-23)29-15-17-31-18-16-29/h20H,2-19H2,1H3,(H2,24,30)(H2,25,26,27). The maximum atomic E-state index is 11.3. The Morgan fingerprint density at radius 1 is 1.06 bits per heavy atom. The van der Waals surface area contributed by atoms with E-state index in [1.54, 1.807) is 0 Å². The summed E-state index contributed by atoms with van der Waals surface area (Å²) in [6, 6.07) is 0. The van der Waals surface area contributed by atoms with E-state index in [0.717, 1.165) is 90.7 Å². The van der Waals surface area contributed by atoms with Gasteiger partial charge < -0.3 is 26.0 Å². The van der Waals surface area contributed by atoms with Crippen LogP contribution in [-0.2, 0) is 9.53 Å². The van der Waals surface area contributed by atoms with Gasteiger partial charge in [0.05, 0.1) is 13.2 Å². The minimum atomic E-state index is -0.133. The van der Waals surface area contributed by atoms with Gasteiger partial charge in [-0.25, -0.2) is 0 Å². The maximum absolute atomic E-state index is 11.3. The number of hydrogen-bond donors (Lipinski definition) is 3. The van der Waals surface area contributed by atoms with Crippen molar-refractivity contribution in [1.29, 1.82) is 0 Å². The molecule has 1 aliphatic carbocycles. The van der Waals surface area contributed by atoms with E-state index in [2.05, 4.69) is 25.4 Å². The van der Waals surface area contributed by atoms with Gasteiger partial charge in [-0.1, -0.05) is 19.3 Å². The molecule has 2 saturated heterocycles. The fourth-order valence-corrected chi connectivity index (χ4v) is 5.43. The summed E-state index contributed by atoms with van der Waals surface area (Å²) in [4.78, 5) is 20.9. The minimum absolute atomic E-state index is 0.0808. The van der Waals surface area contributed by atoms with E-state index in [9.17, 15) is 4.79 Å². The molecule has 4 N–H and O–H groups in total. The van der Waals surface area contributed by atoms with Gasteiger partial charge in [0, 0.05) is 44.7 Å². The van der Waals surface area contributed by atoms with Crippen LogP contribution in [0.25, 0.3) is 0 Å². The lowest BCUT2D eigenvalue weighted by Gasteiger charge is -2.48. The van der Waals surface area contributed by atoms with Crippen LogP contribution in [-0.4, -0.2) is 93.3 Å². The highest BCUT2D eigenvalue weighted by molar-refractivity contribution is 5.79. The van der Waals surface area contributed by atoms with E-state index >= 15 is 0 Å². The van der Waals surface area contributed by atoms with Crippen molar-refractivity contribution in [3.05, 3.63) is 0 Å². The van der Waals surface area contributed by atoms with Crippen molar-refractivity contribution in [3.8, 4) is 0 Å². The van der Waals surface area contributed by atoms with Crippen molar-refractivity contribution in [2.24, 2.45) is 16.6 Å². The lowest BCUT2D eigenvalue weighted by molar-refractivity contribution is -0.123. The van der Waals surface area contributed by atoms with E-state index in [0.29, 0.717) is 0 Å². The van der Waals surface area contributed by atoms with Gasteiger partial charge in [0.1, 0.15) is 0 Å². The highest BCUT2D eigenvalue weighted by atomic mass is 16.5. The largest absolute Gasteiger partial charge is 0.379 e. The second kappa shape index (κ2) is 12.6. The maximum Gasteiger partial charge on any atom is 0.220 e. The van der Waals surface area contributed by atoms with Crippen LogP contribution in [0.15, 0.2) is 4.99 Å². The second-order valence-corrected chi connectivity index (χ2v) is 9.46. The van der Waals surface area contributed by atoms with E-state index < -0.39 is 0 Å². The summed E-state index contributed by atoms with van der Waals surface area (Å²) in [5, 5.41) is 7.14. The predicted octanol–water partition coefficient (Wildman–Crippen LogP) is 1.16. The summed E-state index contributed by atoms with van der Waals surface area (Å²) < 4.78 is 5.60. The molecule has 0 unspecified atom stereocenters. The summed E-state index contributed by atoms with van der Waals surface area (Å²) in [5.41, 5.74) is 5.67. The van der Waals surface area contributed by atoms with Gasteiger partial charge in [-0.2, -0.15) is 0 Å². The summed E-state index contributed by atoms with van der Waals surface area (Å²) in [7, 11) is 1.86. The number of morpholine rings is 1. The Balaban J connectivity index is 1.34. The minimum Gasteiger partial charge on any atom is -0.379 e. The highest BCUT2D eigenvalue weighted by Gasteiger charge is 2.38. The Morgan fingerprint density at radius 2 is 1.77 bits per heavy atom. The number of carbonyl (C=O) groups excluding carboxylic acids is 1. The number of nitrogens with zero attached hydrogens (tertiary/aromatic N) is 3. The van der Waals surface area contributed by atoms with Gasteiger partial charge in [0.15, 0.2) is 5.96 Å². The third-order valence-electron chi connectivity index (χ3n) is 7.46. The SMILES string of the molecule is CN=C(NCCCCN1CCC(C(N)=O)CC1)NCC1(N2CCOCC2)CCCCC1. The number of aliphatic imine (C=N–C) groups is 1. The van der Waals surface area contributed by atoms with Crippen molar-refractivity contribution in [1.82, 2.24) is 20.4 Å². The van der Waals surface area contributed by atoms with Crippen LogP contribution in [0.4, 0.5) is 0 Å². The van der Waals surface area contributed by atoms with E-state index in [1.807, 2.05) is 7.05 Å². The molecule has 3 fully saturated rings. The number of primary amides is 1. The first-order valence-corrected chi connectivity index (χ1v) is 12.4. The highest BCUT2D eigenvalue weighted by Crippen LogP contribution is 2.33. The number of amides is 1. The Kier molecular flexibility index (Phi) is 9.87. The molecule has 2 aliphatic heterocycles. The molecule has 8 heteroatoms. The molecular weight excluding hydrogens is 392 g/mol. The number of likely N-dealkylation sites (tertiary alicyclic amines) is 1. The molecule has 0 aromatic rings. The molecule has 0 aromatic heterocycles. The average molecular weight is 437 g/mol.